The predicted octanol–water partition coefficient (Wildman–Crippen LogP) is 3.02. The third kappa shape index (κ3) is 5.73. The van der Waals surface area contributed by atoms with Crippen LogP contribution in [-0.2, 0) is 19.9 Å². The van der Waals surface area contributed by atoms with E-state index in [0.717, 1.165) is 41.0 Å². The Hall–Kier alpha value is -4.77. The number of aryl methyl sites for hydroxylation is 3. The lowest BCUT2D eigenvalue weighted by molar-refractivity contribution is -0.384. The zero-order chi connectivity index (χ0) is 27.5. The molecule has 2 heterocycles. The summed E-state index contributed by atoms with van der Waals surface area (Å²) >= 11 is 0. The first-order valence-electron chi connectivity index (χ1n) is 12.7. The number of nitrogen functional groups attached to an aromatic ring is 1. The van der Waals surface area contributed by atoms with E-state index in [-0.39, 0.29) is 17.4 Å². The molecule has 0 radical (unpaired) electrons. The summed E-state index contributed by atoms with van der Waals surface area (Å²) in [4.78, 5) is 30.4. The van der Waals surface area contributed by atoms with Crippen molar-refractivity contribution >= 4 is 34.2 Å². The molecule has 1 fully saturated rings. The number of nitro benzene ring substituents is 1. The van der Waals surface area contributed by atoms with Crippen molar-refractivity contribution in [1.29, 1.82) is 5.41 Å². The van der Waals surface area contributed by atoms with Crippen LogP contribution in [0.3, 0.4) is 0 Å². The minimum absolute atomic E-state index is 0.0567. The van der Waals surface area contributed by atoms with E-state index in [1.807, 2.05) is 54.5 Å². The van der Waals surface area contributed by atoms with Gasteiger partial charge in [-0.2, -0.15) is 0 Å². The zero-order valence-electron chi connectivity index (χ0n) is 21.6. The Morgan fingerprint density at radius 1 is 1.00 bits per heavy atom. The van der Waals surface area contributed by atoms with E-state index in [0.29, 0.717) is 37.3 Å². The highest BCUT2D eigenvalue weighted by Crippen LogP contribution is 2.21. The van der Waals surface area contributed by atoms with Crippen LogP contribution in [0.5, 0.6) is 0 Å². The number of nitrogens with zero attached hydrogens (tertiary/aromatic N) is 5. The van der Waals surface area contributed by atoms with E-state index in [2.05, 4.69) is 14.9 Å². The van der Waals surface area contributed by atoms with Gasteiger partial charge >= 0.3 is 0 Å². The molecular weight excluding hydrogens is 496 g/mol. The number of hydrazine groups is 1. The second-order valence-electron chi connectivity index (χ2n) is 9.59. The molecule has 0 bridgehead atoms. The first-order chi connectivity index (χ1) is 18.8. The molecule has 3 aromatic carbocycles. The van der Waals surface area contributed by atoms with E-state index in [4.69, 9.17) is 16.1 Å². The molecule has 11 heteroatoms. The van der Waals surface area contributed by atoms with Gasteiger partial charge in [0, 0.05) is 68.6 Å². The summed E-state index contributed by atoms with van der Waals surface area (Å²) in [5, 5.41) is 20.3. The molecule has 0 spiro atoms. The third-order valence-electron chi connectivity index (χ3n) is 7.10. The Morgan fingerprint density at radius 2 is 1.67 bits per heavy atom. The van der Waals surface area contributed by atoms with Gasteiger partial charge in [0.25, 0.3) is 11.6 Å². The van der Waals surface area contributed by atoms with Gasteiger partial charge in [-0.25, -0.2) is 9.99 Å². The van der Waals surface area contributed by atoms with Crippen molar-refractivity contribution in [2.45, 2.75) is 12.8 Å². The number of carbonyl (C=O) groups is 1. The van der Waals surface area contributed by atoms with E-state index in [9.17, 15) is 14.9 Å². The minimum atomic E-state index is -0.405. The molecule has 0 aliphatic carbocycles. The van der Waals surface area contributed by atoms with Crippen molar-refractivity contribution in [3.8, 4) is 0 Å². The van der Waals surface area contributed by atoms with Gasteiger partial charge in [0.15, 0.2) is 0 Å². The van der Waals surface area contributed by atoms with Gasteiger partial charge in [-0.1, -0.05) is 24.3 Å². The first-order valence-corrected chi connectivity index (χ1v) is 12.7. The number of nitrogens with one attached hydrogen (secondary N) is 2. The maximum atomic E-state index is 13.0. The number of anilines is 1. The number of imidazole rings is 1. The van der Waals surface area contributed by atoms with Gasteiger partial charge in [0.2, 0.25) is 0 Å². The Bertz CT molecular complexity index is 1520. The molecule has 1 aliphatic heterocycles. The second-order valence-corrected chi connectivity index (χ2v) is 9.59. The van der Waals surface area contributed by atoms with Crippen LogP contribution >= 0.6 is 0 Å². The lowest BCUT2D eigenvalue weighted by atomic mass is 10.1. The van der Waals surface area contributed by atoms with E-state index >= 15 is 0 Å². The molecular formula is C28H30N8O3. The maximum Gasteiger partial charge on any atom is 0.269 e. The molecule has 200 valence electrons. The number of hydrogen-bond donors (Lipinski definition) is 3. The average Bonchev–Trinajstić information content (AvgIpc) is 3.27. The molecule has 11 nitrogen and oxygen atoms in total. The van der Waals surface area contributed by atoms with Gasteiger partial charge in [-0.05, 0) is 42.3 Å². The standard InChI is InChI=1S/C28H30N8O3/c1-33-25-12-7-21(18-24(25)31-26(33)13-4-19-2-5-20(6-3-19)27(29)30)28(37)32-35-16-14-34(15-17-35)22-8-10-23(11-9-22)36(38)39/h2-3,5-12,18H,4,13-17H2,1H3,(H3,29,30)(H,32,37). The third-order valence-corrected chi connectivity index (χ3v) is 7.10. The number of fused-ring (bicyclic) bond motifs is 1. The number of aromatic nitrogens is 2. The summed E-state index contributed by atoms with van der Waals surface area (Å²) in [5.41, 5.74) is 13.7. The quantitative estimate of drug-likeness (QED) is 0.138. The monoisotopic (exact) mass is 526 g/mol. The van der Waals surface area contributed by atoms with Crippen LogP contribution in [0.2, 0.25) is 0 Å². The number of rotatable bonds is 8. The summed E-state index contributed by atoms with van der Waals surface area (Å²) in [6, 6.07) is 19.8. The second kappa shape index (κ2) is 10.9. The fraction of sp³-hybridized carbons (Fsp3) is 0.250. The number of nitrogens with two attached hydrogens (primary N) is 1. The van der Waals surface area contributed by atoms with Gasteiger partial charge in [0.05, 0.1) is 16.0 Å². The van der Waals surface area contributed by atoms with Crippen molar-refractivity contribution in [2.75, 3.05) is 31.1 Å². The molecule has 5 rings (SSSR count). The van der Waals surface area contributed by atoms with Crippen LogP contribution in [0.1, 0.15) is 27.3 Å². The van der Waals surface area contributed by atoms with Crippen LogP contribution in [0.25, 0.3) is 11.0 Å². The first kappa shape index (κ1) is 25.9. The lowest BCUT2D eigenvalue weighted by Crippen LogP contribution is -2.53. The highest BCUT2D eigenvalue weighted by Gasteiger charge is 2.20. The summed E-state index contributed by atoms with van der Waals surface area (Å²) < 4.78 is 2.05. The van der Waals surface area contributed by atoms with Crippen LogP contribution in [-0.4, -0.2) is 57.4 Å². The molecule has 0 atom stereocenters. The SMILES string of the molecule is Cn1c(CCc2ccc(C(=N)N)cc2)nc2cc(C(=O)NN3CCN(c4ccc([N+](=O)[O-])cc4)CC3)ccc21. The Labute approximate surface area is 225 Å². The van der Waals surface area contributed by atoms with Gasteiger partial charge in [0.1, 0.15) is 11.7 Å². The average molecular weight is 527 g/mol. The number of benzene rings is 3. The number of hydrogen-bond acceptors (Lipinski definition) is 7. The Kier molecular flexibility index (Phi) is 7.24. The summed E-state index contributed by atoms with van der Waals surface area (Å²) in [6.07, 6.45) is 1.54. The van der Waals surface area contributed by atoms with E-state index in [1.54, 1.807) is 12.1 Å². The molecule has 39 heavy (non-hydrogen) atoms. The highest BCUT2D eigenvalue weighted by molar-refractivity contribution is 5.97. The van der Waals surface area contributed by atoms with Crippen molar-refractivity contribution in [1.82, 2.24) is 20.0 Å². The molecule has 4 N–H and O–H groups in total. The van der Waals surface area contributed by atoms with Crippen molar-refractivity contribution in [3.63, 3.8) is 0 Å². The summed E-state index contributed by atoms with van der Waals surface area (Å²) in [7, 11) is 1.98. The van der Waals surface area contributed by atoms with Gasteiger partial charge in [-0.3, -0.25) is 25.7 Å². The smallest absolute Gasteiger partial charge is 0.269 e. The van der Waals surface area contributed by atoms with Crippen molar-refractivity contribution in [3.05, 3.63) is 99.4 Å². The van der Waals surface area contributed by atoms with Gasteiger partial charge in [-0.15, -0.1) is 0 Å². The fourth-order valence-corrected chi connectivity index (χ4v) is 4.79. The molecule has 1 saturated heterocycles. The number of nitro groups is 1. The number of piperazine rings is 1. The summed E-state index contributed by atoms with van der Waals surface area (Å²) in [5.74, 6) is 0.806. The Morgan fingerprint density at radius 3 is 2.31 bits per heavy atom. The van der Waals surface area contributed by atoms with Crippen molar-refractivity contribution in [2.24, 2.45) is 12.8 Å². The molecule has 1 aliphatic rings. The molecule has 4 aromatic rings. The number of amidine groups is 1. The lowest BCUT2D eigenvalue weighted by Gasteiger charge is -2.36. The summed E-state index contributed by atoms with van der Waals surface area (Å²) in [6.45, 7) is 2.65. The number of carbonyl (C=O) groups excluding carboxylic acids is 1. The largest absolute Gasteiger partial charge is 0.384 e. The van der Waals surface area contributed by atoms with Crippen LogP contribution < -0.4 is 16.1 Å². The number of amides is 1. The van der Waals surface area contributed by atoms with Crippen molar-refractivity contribution < 1.29 is 9.72 Å². The molecule has 0 unspecified atom stereocenters. The minimum Gasteiger partial charge on any atom is -0.384 e. The highest BCUT2D eigenvalue weighted by atomic mass is 16.6. The van der Waals surface area contributed by atoms with Crippen LogP contribution in [0, 0.1) is 15.5 Å². The maximum absolute atomic E-state index is 13.0. The van der Waals surface area contributed by atoms with Gasteiger partial charge < -0.3 is 15.2 Å². The fourth-order valence-electron chi connectivity index (χ4n) is 4.79. The van der Waals surface area contributed by atoms with Crippen LogP contribution in [0.15, 0.2) is 66.7 Å². The zero-order valence-corrected chi connectivity index (χ0v) is 21.6. The molecule has 0 saturated carbocycles. The van der Waals surface area contributed by atoms with E-state index < -0.39 is 4.92 Å². The van der Waals surface area contributed by atoms with Crippen LogP contribution in [0.4, 0.5) is 11.4 Å². The normalized spacial score (nSPS) is 13.9. The molecule has 1 aromatic heterocycles. The van der Waals surface area contributed by atoms with E-state index in [1.165, 1.54) is 12.1 Å². The topological polar surface area (TPSA) is 146 Å². The number of non-ortho nitro benzene ring substituents is 1. The predicted molar refractivity (Wildman–Crippen MR) is 150 cm³/mol. The molecule has 1 amide bonds. The Balaban J connectivity index is 1.18.